The van der Waals surface area contributed by atoms with Gasteiger partial charge in [0.25, 0.3) is 0 Å². The van der Waals surface area contributed by atoms with Gasteiger partial charge in [-0.1, -0.05) is 0 Å². The summed E-state index contributed by atoms with van der Waals surface area (Å²) in [7, 11) is -9.43. The van der Waals surface area contributed by atoms with Crippen molar-refractivity contribution < 1.29 is 32.7 Å². The third-order valence-electron chi connectivity index (χ3n) is 2.37. The Labute approximate surface area is 114 Å². The molecule has 2 rings (SSSR count). The topological polar surface area (TPSA) is 118 Å². The van der Waals surface area contributed by atoms with Gasteiger partial charge in [-0.15, -0.1) is 0 Å². The zero-order valence-electron chi connectivity index (χ0n) is 11.3. The molecule has 1 aliphatic rings. The number of benzene rings is 1. The summed E-state index contributed by atoms with van der Waals surface area (Å²) in [5.41, 5.74) is -2.43. The zero-order chi connectivity index (χ0) is 17.1. The number of nitrogens with one attached hydrogen (secondary N) is 2. The first-order chi connectivity index (χ1) is 9.63. The second-order valence-corrected chi connectivity index (χ2v) is 6.92. The van der Waals surface area contributed by atoms with Gasteiger partial charge in [0.2, 0.25) is 20.0 Å². The Morgan fingerprint density at radius 1 is 1.35 bits per heavy atom. The summed E-state index contributed by atoms with van der Waals surface area (Å²) in [6.07, 6.45) is -5.14. The lowest BCUT2D eigenvalue weighted by Gasteiger charge is -2.22. The molecule has 1 aliphatic heterocycles. The van der Waals surface area contributed by atoms with E-state index in [1.165, 1.54) is 4.72 Å². The van der Waals surface area contributed by atoms with Gasteiger partial charge in [0, 0.05) is 0 Å². The van der Waals surface area contributed by atoms with Gasteiger partial charge in [-0.2, -0.15) is 17.9 Å². The summed E-state index contributed by atoms with van der Waals surface area (Å²) in [5.74, 6) is 0. The van der Waals surface area contributed by atoms with Crippen LogP contribution in [0.5, 0.6) is 0 Å². The van der Waals surface area contributed by atoms with Gasteiger partial charge in [-0.3, -0.25) is 0 Å². The number of halogens is 3. The number of primary sulfonamides is 1. The Hall–Kier alpha value is -1.37. The largest absolute Gasteiger partial charge is 0.417 e. The van der Waals surface area contributed by atoms with Gasteiger partial charge in [-0.25, -0.2) is 22.0 Å². The number of nitrogens with two attached hydrogens (primary N) is 1. The van der Waals surface area contributed by atoms with Crippen molar-refractivity contribution in [2.45, 2.75) is 16.0 Å². The molecule has 0 atom stereocenters. The van der Waals surface area contributed by atoms with Crippen LogP contribution in [0, 0.1) is 0 Å². The molecule has 0 spiro atoms. The van der Waals surface area contributed by atoms with E-state index in [-0.39, 0.29) is 12.1 Å². The third-order valence-corrected chi connectivity index (χ3v) is 4.60. The van der Waals surface area contributed by atoms with E-state index in [2.05, 4.69) is 0 Å². The van der Waals surface area contributed by atoms with Gasteiger partial charge in [0.15, 0.2) is 0 Å². The van der Waals surface area contributed by atoms with E-state index >= 15 is 0 Å². The predicted octanol–water partition coefficient (Wildman–Crippen LogP) is 0.0141. The van der Waals surface area contributed by atoms with Crippen LogP contribution >= 0.6 is 0 Å². The lowest BCUT2D eigenvalue weighted by atomic mass is 10.2. The van der Waals surface area contributed by atoms with E-state index in [4.69, 9.17) is 7.88 Å². The first kappa shape index (κ1) is 12.4. The standard InChI is InChI=1S/C8H8F3N3O4S2/c9-8(10,11)4-1-5-7(2-6(4)19(12,15)16)20(17,18)14-3-13-5/h1-2,13-14H,3H2,(H2,12,15,16)/i3+1D2,12+1,14+1. The molecule has 20 heavy (non-hydrogen) atoms. The van der Waals surface area contributed by atoms with Crippen molar-refractivity contribution in [2.24, 2.45) is 5.14 Å². The molecular weight excluding hydrogens is 326 g/mol. The number of rotatable bonds is 1. The quantitative estimate of drug-likeness (QED) is 0.493. The highest BCUT2D eigenvalue weighted by Gasteiger charge is 2.39. The van der Waals surface area contributed by atoms with Crippen molar-refractivity contribution in [1.29, 1.82) is 0 Å². The van der Waals surface area contributed by atoms with Crippen LogP contribution in [-0.2, 0) is 26.2 Å². The minimum atomic E-state index is -5.14. The molecule has 0 radical (unpaired) electrons. The molecular formula is C8H8F3N3O4S2. The summed E-state index contributed by atoms with van der Waals surface area (Å²) in [6.45, 7) is -2.74. The first-order valence-corrected chi connectivity index (χ1v) is 7.77. The Bertz CT molecular complexity index is 852. The SMILES string of the molecule is [2H][13C]1([2H])Nc2cc(C(F)(F)F)c(S([15NH2])(=O)=O)cc2S(=O)(=O)[15NH]1. The second-order valence-electron chi connectivity index (χ2n) is 3.74. The lowest BCUT2D eigenvalue weighted by Crippen LogP contribution is -2.35. The zero-order valence-corrected chi connectivity index (χ0v) is 10.9. The minimum absolute atomic E-state index is 0.186. The average Bonchev–Trinajstić information content (AvgIpc) is 2.21. The van der Waals surface area contributed by atoms with Crippen LogP contribution in [0.15, 0.2) is 21.9 Å². The molecule has 0 unspecified atom stereocenters. The molecule has 0 saturated heterocycles. The van der Waals surface area contributed by atoms with Crippen molar-refractivity contribution >= 4 is 25.7 Å². The summed E-state index contributed by atoms with van der Waals surface area (Å²) in [5, 5.41) is 6.58. The second kappa shape index (κ2) is 4.31. The fourth-order valence-electron chi connectivity index (χ4n) is 1.55. The summed E-state index contributed by atoms with van der Waals surface area (Å²) in [6, 6.07) is 0.420. The summed E-state index contributed by atoms with van der Waals surface area (Å²) < 4.78 is 101. The Kier molecular flexibility index (Phi) is 2.67. The average molecular weight is 336 g/mol. The van der Waals surface area contributed by atoms with Gasteiger partial charge in [-0.05, 0) is 12.1 Å². The highest BCUT2D eigenvalue weighted by Crippen LogP contribution is 2.38. The lowest BCUT2D eigenvalue weighted by molar-refractivity contribution is -0.139. The highest BCUT2D eigenvalue weighted by atomic mass is 32.2. The third kappa shape index (κ3) is 2.59. The molecule has 0 saturated carbocycles. The normalized spacial score (nSPS) is 22.2. The predicted molar refractivity (Wildman–Crippen MR) is 61.6 cm³/mol. The van der Waals surface area contributed by atoms with Crippen molar-refractivity contribution in [1.82, 2.24) is 4.72 Å². The van der Waals surface area contributed by atoms with Crippen LogP contribution < -0.4 is 15.2 Å². The monoisotopic (exact) mass is 336 g/mol. The summed E-state index contributed by atoms with van der Waals surface area (Å²) in [4.78, 5) is -2.28. The number of anilines is 1. The fourth-order valence-corrected chi connectivity index (χ4v) is 3.36. The maximum atomic E-state index is 12.9. The molecule has 0 aromatic heterocycles. The molecule has 0 fully saturated rings. The molecule has 1 aromatic carbocycles. The van der Waals surface area contributed by atoms with Crippen LogP contribution in [-0.4, -0.2) is 23.5 Å². The van der Waals surface area contributed by atoms with E-state index in [0.29, 0.717) is 0 Å². The Morgan fingerprint density at radius 3 is 2.45 bits per heavy atom. The number of hydrogen-bond acceptors (Lipinski definition) is 5. The van der Waals surface area contributed by atoms with Crippen LogP contribution in [0.2, 0.25) is 0 Å². The molecule has 1 aromatic rings. The number of fused-ring (bicyclic) bond motifs is 1. The highest BCUT2D eigenvalue weighted by molar-refractivity contribution is 7.90. The van der Waals surface area contributed by atoms with Crippen molar-refractivity contribution in [3.05, 3.63) is 17.7 Å². The smallest absolute Gasteiger partial charge is 0.370 e. The molecule has 0 aliphatic carbocycles. The van der Waals surface area contributed by atoms with E-state index < -0.39 is 53.9 Å². The van der Waals surface area contributed by atoms with E-state index in [1.54, 1.807) is 0 Å². The Balaban J connectivity index is 2.88. The van der Waals surface area contributed by atoms with Crippen LogP contribution in [0.25, 0.3) is 0 Å². The molecule has 0 amide bonds. The van der Waals surface area contributed by atoms with Gasteiger partial charge in [0.1, 0.15) is 4.90 Å². The van der Waals surface area contributed by atoms with Crippen molar-refractivity contribution in [3.63, 3.8) is 0 Å². The minimum Gasteiger partial charge on any atom is -0.370 e. The van der Waals surface area contributed by atoms with E-state index in [1.807, 2.05) is 5.32 Å². The molecule has 7 nitrogen and oxygen atoms in total. The van der Waals surface area contributed by atoms with Crippen LogP contribution in [0.3, 0.4) is 0 Å². The number of sulfonamides is 2. The maximum Gasteiger partial charge on any atom is 0.417 e. The molecule has 1 heterocycles. The van der Waals surface area contributed by atoms with Crippen LogP contribution in [0.1, 0.15) is 8.30 Å². The van der Waals surface area contributed by atoms with Crippen molar-refractivity contribution in [2.75, 3.05) is 11.9 Å². The Morgan fingerprint density at radius 2 is 1.95 bits per heavy atom. The fraction of sp³-hybridized carbons (Fsp3) is 0.250. The molecule has 112 valence electrons. The number of alkyl halides is 3. The van der Waals surface area contributed by atoms with Crippen LogP contribution in [0.4, 0.5) is 18.9 Å². The summed E-state index contributed by atoms with van der Waals surface area (Å²) >= 11 is 0. The van der Waals surface area contributed by atoms with Gasteiger partial charge >= 0.3 is 6.18 Å². The first-order valence-electron chi connectivity index (χ1n) is 5.74. The van der Waals surface area contributed by atoms with Crippen molar-refractivity contribution in [3.8, 4) is 0 Å². The van der Waals surface area contributed by atoms with E-state index in [0.717, 1.165) is 0 Å². The molecule has 0 bridgehead atoms. The molecule has 12 heteroatoms. The number of hydrogen-bond donors (Lipinski definition) is 3. The maximum absolute atomic E-state index is 12.9. The van der Waals surface area contributed by atoms with Gasteiger partial charge in [0.05, 0.1) is 25.5 Å². The molecule has 4 N–H and O–H groups in total. The van der Waals surface area contributed by atoms with E-state index in [9.17, 15) is 30.0 Å². The van der Waals surface area contributed by atoms with Gasteiger partial charge < -0.3 is 5.32 Å².